The standard InChI is InChI=1S/C11H21N3O/c1-14-6-2-3-10(8-14)13-11(15)7-12-9-4-5-9/h9-10,12H,2-8H2,1H3,(H,13,15). The Morgan fingerprint density at radius 1 is 1.33 bits per heavy atom. The lowest BCUT2D eigenvalue weighted by atomic mass is 10.1. The molecule has 1 unspecified atom stereocenters. The van der Waals surface area contributed by atoms with Gasteiger partial charge in [0.25, 0.3) is 0 Å². The summed E-state index contributed by atoms with van der Waals surface area (Å²) in [5, 5.41) is 6.32. The van der Waals surface area contributed by atoms with Gasteiger partial charge in [-0.15, -0.1) is 0 Å². The molecule has 1 saturated carbocycles. The van der Waals surface area contributed by atoms with Gasteiger partial charge in [-0.3, -0.25) is 4.79 Å². The SMILES string of the molecule is CN1CCCC(NC(=O)CNC2CC2)C1. The maximum atomic E-state index is 11.6. The normalized spacial score (nSPS) is 27.7. The maximum Gasteiger partial charge on any atom is 0.234 e. The highest BCUT2D eigenvalue weighted by molar-refractivity contribution is 5.78. The third-order valence-electron chi connectivity index (χ3n) is 3.12. The van der Waals surface area contributed by atoms with Crippen LogP contribution in [0.3, 0.4) is 0 Å². The molecule has 1 saturated heterocycles. The molecule has 1 atom stereocenters. The Hall–Kier alpha value is -0.610. The van der Waals surface area contributed by atoms with Crippen molar-refractivity contribution in [3.63, 3.8) is 0 Å². The monoisotopic (exact) mass is 211 g/mol. The van der Waals surface area contributed by atoms with Crippen LogP contribution in [0.25, 0.3) is 0 Å². The number of likely N-dealkylation sites (tertiary alicyclic amines) is 1. The van der Waals surface area contributed by atoms with E-state index in [0.717, 1.165) is 19.5 Å². The van der Waals surface area contributed by atoms with Crippen molar-refractivity contribution in [2.24, 2.45) is 0 Å². The first-order chi connectivity index (χ1) is 7.24. The van der Waals surface area contributed by atoms with Crippen molar-refractivity contribution in [3.05, 3.63) is 0 Å². The molecule has 2 rings (SSSR count). The lowest BCUT2D eigenvalue weighted by Gasteiger charge is -2.30. The second kappa shape index (κ2) is 4.94. The summed E-state index contributed by atoms with van der Waals surface area (Å²) in [5.74, 6) is 0.155. The Morgan fingerprint density at radius 3 is 2.80 bits per heavy atom. The maximum absolute atomic E-state index is 11.6. The van der Waals surface area contributed by atoms with Crippen LogP contribution in [-0.4, -0.2) is 49.6 Å². The second-order valence-electron chi connectivity index (χ2n) is 4.82. The zero-order valence-electron chi connectivity index (χ0n) is 9.46. The van der Waals surface area contributed by atoms with E-state index in [1.165, 1.54) is 19.3 Å². The van der Waals surface area contributed by atoms with Crippen LogP contribution in [0.4, 0.5) is 0 Å². The summed E-state index contributed by atoms with van der Waals surface area (Å²) in [6.45, 7) is 2.65. The zero-order chi connectivity index (χ0) is 10.7. The lowest BCUT2D eigenvalue weighted by molar-refractivity contribution is -0.121. The number of carbonyl (C=O) groups is 1. The van der Waals surface area contributed by atoms with Gasteiger partial charge in [0.1, 0.15) is 0 Å². The van der Waals surface area contributed by atoms with Crippen molar-refractivity contribution in [1.82, 2.24) is 15.5 Å². The van der Waals surface area contributed by atoms with Crippen LogP contribution < -0.4 is 10.6 Å². The number of hydrogen-bond acceptors (Lipinski definition) is 3. The lowest BCUT2D eigenvalue weighted by Crippen LogP contribution is -2.48. The second-order valence-corrected chi connectivity index (χ2v) is 4.82. The fourth-order valence-corrected chi connectivity index (χ4v) is 2.09. The van der Waals surface area contributed by atoms with E-state index in [2.05, 4.69) is 22.6 Å². The number of nitrogens with zero attached hydrogens (tertiary/aromatic N) is 1. The average Bonchev–Trinajstić information content (AvgIpc) is 2.98. The molecule has 1 heterocycles. The fraction of sp³-hybridized carbons (Fsp3) is 0.909. The predicted octanol–water partition coefficient (Wildman–Crippen LogP) is -0.0512. The Bertz CT molecular complexity index is 228. The van der Waals surface area contributed by atoms with E-state index < -0.39 is 0 Å². The van der Waals surface area contributed by atoms with Gasteiger partial charge in [0.05, 0.1) is 6.54 Å². The molecule has 2 N–H and O–H groups in total. The first kappa shape index (κ1) is 10.9. The molecule has 2 aliphatic rings. The number of rotatable bonds is 4. The first-order valence-corrected chi connectivity index (χ1v) is 5.95. The van der Waals surface area contributed by atoms with Gasteiger partial charge in [0.15, 0.2) is 0 Å². The van der Waals surface area contributed by atoms with Crippen LogP contribution >= 0.6 is 0 Å². The van der Waals surface area contributed by atoms with Gasteiger partial charge in [0.2, 0.25) is 5.91 Å². The molecule has 0 bridgehead atoms. The van der Waals surface area contributed by atoms with E-state index in [4.69, 9.17) is 0 Å². The Labute approximate surface area is 91.4 Å². The summed E-state index contributed by atoms with van der Waals surface area (Å²) < 4.78 is 0. The molecular formula is C11H21N3O. The smallest absolute Gasteiger partial charge is 0.234 e. The van der Waals surface area contributed by atoms with Gasteiger partial charge in [-0.05, 0) is 39.3 Å². The van der Waals surface area contributed by atoms with Crippen LogP contribution in [0, 0.1) is 0 Å². The molecule has 15 heavy (non-hydrogen) atoms. The van der Waals surface area contributed by atoms with Gasteiger partial charge in [-0.2, -0.15) is 0 Å². The molecule has 1 aliphatic heterocycles. The summed E-state index contributed by atoms with van der Waals surface area (Å²) in [7, 11) is 2.11. The third-order valence-corrected chi connectivity index (χ3v) is 3.12. The van der Waals surface area contributed by atoms with Gasteiger partial charge >= 0.3 is 0 Å². The summed E-state index contributed by atoms with van der Waals surface area (Å²) in [6, 6.07) is 0.974. The van der Waals surface area contributed by atoms with E-state index in [-0.39, 0.29) is 5.91 Å². The minimum atomic E-state index is 0.155. The Morgan fingerprint density at radius 2 is 2.13 bits per heavy atom. The number of nitrogens with one attached hydrogen (secondary N) is 2. The molecule has 0 spiro atoms. The molecule has 0 radical (unpaired) electrons. The Balaban J connectivity index is 1.63. The van der Waals surface area contributed by atoms with Crippen LogP contribution in [0.5, 0.6) is 0 Å². The fourth-order valence-electron chi connectivity index (χ4n) is 2.09. The summed E-state index contributed by atoms with van der Waals surface area (Å²) in [5.41, 5.74) is 0. The summed E-state index contributed by atoms with van der Waals surface area (Å²) in [4.78, 5) is 13.8. The molecule has 1 amide bonds. The highest BCUT2D eigenvalue weighted by atomic mass is 16.2. The number of carbonyl (C=O) groups excluding carboxylic acids is 1. The zero-order valence-corrected chi connectivity index (χ0v) is 9.46. The van der Waals surface area contributed by atoms with Gasteiger partial charge in [-0.25, -0.2) is 0 Å². The molecule has 1 aliphatic carbocycles. The van der Waals surface area contributed by atoms with E-state index in [1.54, 1.807) is 0 Å². The topological polar surface area (TPSA) is 44.4 Å². The van der Waals surface area contributed by atoms with Gasteiger partial charge < -0.3 is 15.5 Å². The molecule has 4 nitrogen and oxygen atoms in total. The first-order valence-electron chi connectivity index (χ1n) is 5.95. The van der Waals surface area contributed by atoms with Crippen LogP contribution in [0.15, 0.2) is 0 Å². The number of hydrogen-bond donors (Lipinski definition) is 2. The van der Waals surface area contributed by atoms with Crippen molar-refractivity contribution < 1.29 is 4.79 Å². The summed E-state index contributed by atoms with van der Waals surface area (Å²) >= 11 is 0. The highest BCUT2D eigenvalue weighted by Crippen LogP contribution is 2.17. The predicted molar refractivity (Wildman–Crippen MR) is 59.7 cm³/mol. The largest absolute Gasteiger partial charge is 0.351 e. The van der Waals surface area contributed by atoms with Crippen LogP contribution in [-0.2, 0) is 4.79 Å². The van der Waals surface area contributed by atoms with Gasteiger partial charge in [-0.1, -0.05) is 0 Å². The van der Waals surface area contributed by atoms with Crippen molar-refractivity contribution in [2.45, 2.75) is 37.8 Å². The quantitative estimate of drug-likeness (QED) is 0.685. The number of amides is 1. The van der Waals surface area contributed by atoms with Crippen LogP contribution in [0.2, 0.25) is 0 Å². The average molecular weight is 211 g/mol. The van der Waals surface area contributed by atoms with Crippen molar-refractivity contribution in [2.75, 3.05) is 26.7 Å². The third kappa shape index (κ3) is 3.80. The van der Waals surface area contributed by atoms with Crippen LogP contribution in [0.1, 0.15) is 25.7 Å². The highest BCUT2D eigenvalue weighted by Gasteiger charge is 2.22. The molecule has 2 fully saturated rings. The van der Waals surface area contributed by atoms with E-state index in [1.807, 2.05) is 0 Å². The van der Waals surface area contributed by atoms with Crippen molar-refractivity contribution in [3.8, 4) is 0 Å². The van der Waals surface area contributed by atoms with Crippen molar-refractivity contribution >= 4 is 5.91 Å². The number of likely N-dealkylation sites (N-methyl/N-ethyl adjacent to an activating group) is 1. The van der Waals surface area contributed by atoms with Gasteiger partial charge in [0, 0.05) is 18.6 Å². The number of piperidine rings is 1. The molecule has 0 aromatic carbocycles. The van der Waals surface area contributed by atoms with E-state index in [0.29, 0.717) is 18.6 Å². The summed E-state index contributed by atoms with van der Waals surface area (Å²) in [6.07, 6.45) is 4.79. The Kier molecular flexibility index (Phi) is 3.59. The molecule has 0 aromatic rings. The minimum absolute atomic E-state index is 0.155. The molecule has 0 aromatic heterocycles. The van der Waals surface area contributed by atoms with E-state index in [9.17, 15) is 4.79 Å². The van der Waals surface area contributed by atoms with Crippen molar-refractivity contribution in [1.29, 1.82) is 0 Å². The molecule has 86 valence electrons. The molecular weight excluding hydrogens is 190 g/mol. The molecule has 4 heteroatoms. The minimum Gasteiger partial charge on any atom is -0.351 e. The van der Waals surface area contributed by atoms with E-state index >= 15 is 0 Å².